The average molecular weight is 386 g/mol. The lowest BCUT2D eigenvalue weighted by atomic mass is 10.1. The molecule has 0 aliphatic carbocycles. The first-order valence-corrected chi connectivity index (χ1v) is 10.4. The number of amides is 1. The molecule has 0 spiro atoms. The van der Waals surface area contributed by atoms with Crippen molar-refractivity contribution in [3.63, 3.8) is 0 Å². The summed E-state index contributed by atoms with van der Waals surface area (Å²) in [6.07, 6.45) is 2.35. The summed E-state index contributed by atoms with van der Waals surface area (Å²) in [7, 11) is 0. The zero-order valence-corrected chi connectivity index (χ0v) is 17.1. The molecule has 1 fully saturated rings. The summed E-state index contributed by atoms with van der Waals surface area (Å²) in [4.78, 5) is 17.0. The average Bonchev–Trinajstić information content (AvgIpc) is 3.06. The maximum absolute atomic E-state index is 12.8. The van der Waals surface area contributed by atoms with Gasteiger partial charge in [-0.15, -0.1) is 0 Å². The van der Waals surface area contributed by atoms with Gasteiger partial charge in [0.1, 0.15) is 17.5 Å². The molecular weight excluding hydrogens is 354 g/mol. The van der Waals surface area contributed by atoms with Crippen molar-refractivity contribution < 1.29 is 14.6 Å². The molecule has 0 radical (unpaired) electrons. The molecule has 1 aromatic carbocycles. The van der Waals surface area contributed by atoms with Crippen LogP contribution in [-0.2, 0) is 0 Å². The number of β-amino-alcohol motifs (C(OH)–C–C–N with tert-alkyl or cyclic N) is 1. The van der Waals surface area contributed by atoms with E-state index in [0.717, 1.165) is 42.6 Å². The largest absolute Gasteiger partial charge is 0.490 e. The molecule has 1 atom stereocenters. The van der Waals surface area contributed by atoms with Crippen LogP contribution in [0.3, 0.4) is 0 Å². The minimum atomic E-state index is -0.00764. The number of hydrogen-bond acceptors (Lipinski definition) is 4. The first-order chi connectivity index (χ1) is 13.5. The maximum Gasteiger partial charge on any atom is 0.270 e. The topological polar surface area (TPSA) is 57.9 Å². The van der Waals surface area contributed by atoms with Crippen LogP contribution >= 0.6 is 0 Å². The molecule has 2 aliphatic heterocycles. The third-order valence-electron chi connectivity index (χ3n) is 6.12. The minimum absolute atomic E-state index is 0.00752. The van der Waals surface area contributed by atoms with Crippen LogP contribution in [0.25, 0.3) is 10.9 Å². The van der Waals surface area contributed by atoms with Crippen LogP contribution < -0.4 is 4.74 Å². The second-order valence-corrected chi connectivity index (χ2v) is 8.39. The summed E-state index contributed by atoms with van der Waals surface area (Å²) < 4.78 is 8.39. The van der Waals surface area contributed by atoms with E-state index in [2.05, 4.69) is 42.4 Å². The fourth-order valence-electron chi connectivity index (χ4n) is 4.59. The number of likely N-dealkylation sites (tertiary alicyclic amines) is 1. The lowest BCUT2D eigenvalue weighted by Crippen LogP contribution is -2.43. The van der Waals surface area contributed by atoms with E-state index in [1.807, 2.05) is 12.1 Å². The Morgan fingerprint density at radius 2 is 1.96 bits per heavy atom. The lowest BCUT2D eigenvalue weighted by Gasteiger charge is -2.34. The number of rotatable bonds is 5. The molecular formula is C22H31N3O3. The van der Waals surface area contributed by atoms with Crippen molar-refractivity contribution in [2.75, 3.05) is 32.8 Å². The summed E-state index contributed by atoms with van der Waals surface area (Å²) in [6.45, 7) is 9.77. The quantitative estimate of drug-likeness (QED) is 0.860. The molecule has 6 nitrogen and oxygen atoms in total. The van der Waals surface area contributed by atoms with Gasteiger partial charge in [0.25, 0.3) is 5.91 Å². The highest BCUT2D eigenvalue weighted by Gasteiger charge is 2.30. The first-order valence-electron chi connectivity index (χ1n) is 10.4. The Balaban J connectivity index is 1.54. The van der Waals surface area contributed by atoms with E-state index in [0.29, 0.717) is 24.8 Å². The number of piperidine rings is 1. The van der Waals surface area contributed by atoms with Crippen LogP contribution in [0.1, 0.15) is 50.1 Å². The molecule has 0 saturated carbocycles. The van der Waals surface area contributed by atoms with Gasteiger partial charge in [-0.3, -0.25) is 4.79 Å². The predicted octanol–water partition coefficient (Wildman–Crippen LogP) is 2.90. The summed E-state index contributed by atoms with van der Waals surface area (Å²) in [5.74, 6) is 0.873. The molecule has 1 amide bonds. The summed E-state index contributed by atoms with van der Waals surface area (Å²) in [5.41, 5.74) is 1.77. The van der Waals surface area contributed by atoms with Crippen molar-refractivity contribution in [1.29, 1.82) is 0 Å². The number of ether oxygens (including phenoxy) is 1. The van der Waals surface area contributed by atoms with Crippen LogP contribution in [0.4, 0.5) is 0 Å². The van der Waals surface area contributed by atoms with E-state index in [1.165, 1.54) is 0 Å². The number of nitrogens with zero attached hydrogens (tertiary/aromatic N) is 3. The molecule has 0 bridgehead atoms. The fourth-order valence-corrected chi connectivity index (χ4v) is 4.59. The molecule has 152 valence electrons. The molecule has 1 saturated heterocycles. The Labute approximate surface area is 166 Å². The van der Waals surface area contributed by atoms with Crippen LogP contribution in [0.5, 0.6) is 5.75 Å². The molecule has 2 aliphatic rings. The number of aliphatic hydroxyl groups is 1. The van der Waals surface area contributed by atoms with Crippen molar-refractivity contribution in [2.45, 2.75) is 51.8 Å². The lowest BCUT2D eigenvalue weighted by molar-refractivity contribution is 0.0641. The van der Waals surface area contributed by atoms with Crippen molar-refractivity contribution in [3.8, 4) is 5.75 Å². The number of carbonyl (C=O) groups excluding carboxylic acids is 1. The number of benzene rings is 1. The van der Waals surface area contributed by atoms with Gasteiger partial charge < -0.3 is 24.2 Å². The highest BCUT2D eigenvalue weighted by atomic mass is 16.5. The van der Waals surface area contributed by atoms with E-state index in [4.69, 9.17) is 4.74 Å². The smallest absolute Gasteiger partial charge is 0.270 e. The summed E-state index contributed by atoms with van der Waals surface area (Å²) in [5, 5.41) is 10.3. The zero-order valence-electron chi connectivity index (χ0n) is 17.1. The van der Waals surface area contributed by atoms with E-state index < -0.39 is 0 Å². The van der Waals surface area contributed by atoms with Gasteiger partial charge in [0.15, 0.2) is 0 Å². The van der Waals surface area contributed by atoms with Gasteiger partial charge in [0.05, 0.1) is 6.61 Å². The van der Waals surface area contributed by atoms with Crippen LogP contribution in [0, 0.1) is 0 Å². The standard InChI is InChI=1S/C22H31N3O3/c1-15(2)23-8-6-18(7-9-23)28-19-4-5-20-17(12-19)13-21-22(27)24(10-11-26)14-16(3)25(20)21/h4-5,12-13,15-16,18,26H,6-11,14H2,1-3H3. The zero-order chi connectivity index (χ0) is 19.8. The maximum atomic E-state index is 12.8. The molecule has 4 rings (SSSR count). The highest BCUT2D eigenvalue weighted by molar-refractivity contribution is 6.00. The van der Waals surface area contributed by atoms with Gasteiger partial charge in [-0.1, -0.05) is 0 Å². The van der Waals surface area contributed by atoms with Crippen LogP contribution in [0.2, 0.25) is 0 Å². The van der Waals surface area contributed by atoms with E-state index in [-0.39, 0.29) is 24.7 Å². The van der Waals surface area contributed by atoms with Crippen LogP contribution in [0.15, 0.2) is 24.3 Å². The van der Waals surface area contributed by atoms with Gasteiger partial charge in [-0.25, -0.2) is 0 Å². The van der Waals surface area contributed by atoms with Gasteiger partial charge in [0, 0.05) is 49.2 Å². The van der Waals surface area contributed by atoms with Crippen molar-refractivity contribution in [1.82, 2.24) is 14.4 Å². The number of aromatic nitrogens is 1. The van der Waals surface area contributed by atoms with Gasteiger partial charge >= 0.3 is 0 Å². The van der Waals surface area contributed by atoms with E-state index >= 15 is 0 Å². The Morgan fingerprint density at radius 3 is 2.64 bits per heavy atom. The van der Waals surface area contributed by atoms with Gasteiger partial charge in [-0.2, -0.15) is 0 Å². The monoisotopic (exact) mass is 385 g/mol. The summed E-state index contributed by atoms with van der Waals surface area (Å²) >= 11 is 0. The molecule has 1 unspecified atom stereocenters. The molecule has 6 heteroatoms. The SMILES string of the molecule is CC(C)N1CCC(Oc2ccc3c(c2)cc2n3C(C)CN(CCO)C2=O)CC1. The molecule has 28 heavy (non-hydrogen) atoms. The molecule has 2 aromatic rings. The van der Waals surface area contributed by atoms with E-state index in [1.54, 1.807) is 4.90 Å². The number of carbonyl (C=O) groups is 1. The summed E-state index contributed by atoms with van der Waals surface area (Å²) in [6, 6.07) is 8.90. The molecule has 1 N–H and O–H groups in total. The number of hydrogen-bond donors (Lipinski definition) is 1. The van der Waals surface area contributed by atoms with E-state index in [9.17, 15) is 9.90 Å². The molecule has 1 aromatic heterocycles. The predicted molar refractivity (Wildman–Crippen MR) is 110 cm³/mol. The van der Waals surface area contributed by atoms with Crippen molar-refractivity contribution in [3.05, 3.63) is 30.0 Å². The van der Waals surface area contributed by atoms with Crippen molar-refractivity contribution in [2.24, 2.45) is 0 Å². The van der Waals surface area contributed by atoms with Gasteiger partial charge in [-0.05, 0) is 57.9 Å². The Hall–Kier alpha value is -2.05. The van der Waals surface area contributed by atoms with Gasteiger partial charge in [0.2, 0.25) is 0 Å². The Bertz CT molecular complexity index is 852. The highest BCUT2D eigenvalue weighted by Crippen LogP contribution is 2.32. The first kappa shape index (κ1) is 19.3. The Morgan fingerprint density at radius 1 is 1.21 bits per heavy atom. The number of fused-ring (bicyclic) bond motifs is 3. The normalized spacial score (nSPS) is 21.5. The second-order valence-electron chi connectivity index (χ2n) is 8.39. The fraction of sp³-hybridized carbons (Fsp3) is 0.591. The molecule has 3 heterocycles. The number of aliphatic hydroxyl groups excluding tert-OH is 1. The van der Waals surface area contributed by atoms with Crippen LogP contribution in [-0.4, -0.2) is 70.3 Å². The third-order valence-corrected chi connectivity index (χ3v) is 6.12. The second kappa shape index (κ2) is 7.76. The Kier molecular flexibility index (Phi) is 5.34. The third kappa shape index (κ3) is 3.51. The minimum Gasteiger partial charge on any atom is -0.490 e. The van der Waals surface area contributed by atoms with Crippen molar-refractivity contribution >= 4 is 16.8 Å².